The first-order valence-electron chi connectivity index (χ1n) is 8.96. The zero-order valence-corrected chi connectivity index (χ0v) is 16.4. The average Bonchev–Trinajstić information content (AvgIpc) is 3.18. The molecule has 4 rings (SSSR count). The fourth-order valence-electron chi connectivity index (χ4n) is 3.20. The Hall–Kier alpha value is -2.21. The van der Waals surface area contributed by atoms with Crippen molar-refractivity contribution in [1.82, 2.24) is 14.8 Å². The maximum absolute atomic E-state index is 12.6. The first-order chi connectivity index (χ1) is 13.2. The lowest BCUT2D eigenvalue weighted by molar-refractivity contribution is 0.0628. The molecule has 1 aromatic heterocycles. The Kier molecular flexibility index (Phi) is 5.53. The molecule has 0 bridgehead atoms. The quantitative estimate of drug-likeness (QED) is 0.653. The first kappa shape index (κ1) is 18.2. The van der Waals surface area contributed by atoms with Crippen molar-refractivity contribution in [3.63, 3.8) is 0 Å². The number of aromatic nitrogens is 1. The molecule has 0 saturated carbocycles. The summed E-state index contributed by atoms with van der Waals surface area (Å²) in [6, 6.07) is 17.4. The molecule has 0 unspecified atom stereocenters. The van der Waals surface area contributed by atoms with Crippen LogP contribution in [0.2, 0.25) is 5.02 Å². The van der Waals surface area contributed by atoms with Crippen LogP contribution in [0.25, 0.3) is 11.3 Å². The predicted octanol–water partition coefficient (Wildman–Crippen LogP) is 4.42. The lowest BCUT2D eigenvalue weighted by Crippen LogP contribution is -2.48. The zero-order chi connectivity index (χ0) is 18.6. The third-order valence-corrected chi connectivity index (χ3v) is 5.82. The molecule has 2 heterocycles. The first-order valence-corrected chi connectivity index (χ1v) is 10.2. The topological polar surface area (TPSA) is 36.4 Å². The minimum atomic E-state index is 0.0759. The van der Waals surface area contributed by atoms with Crippen LogP contribution in [-0.2, 0) is 6.54 Å². The third kappa shape index (κ3) is 4.38. The van der Waals surface area contributed by atoms with Gasteiger partial charge in [0, 0.05) is 47.7 Å². The molecule has 0 spiro atoms. The van der Waals surface area contributed by atoms with Crippen LogP contribution in [-0.4, -0.2) is 46.9 Å². The predicted molar refractivity (Wildman–Crippen MR) is 110 cm³/mol. The maximum atomic E-state index is 12.6. The van der Waals surface area contributed by atoms with Crippen LogP contribution in [0.1, 0.15) is 15.4 Å². The van der Waals surface area contributed by atoms with E-state index in [1.54, 1.807) is 35.6 Å². The van der Waals surface area contributed by atoms with E-state index < -0.39 is 0 Å². The van der Waals surface area contributed by atoms with Gasteiger partial charge in [0.2, 0.25) is 0 Å². The minimum Gasteiger partial charge on any atom is -0.336 e. The van der Waals surface area contributed by atoms with Crippen LogP contribution in [0.3, 0.4) is 0 Å². The monoisotopic (exact) mass is 397 g/mol. The highest BCUT2D eigenvalue weighted by Crippen LogP contribution is 2.23. The summed E-state index contributed by atoms with van der Waals surface area (Å²) in [6.07, 6.45) is 0. The van der Waals surface area contributed by atoms with Crippen molar-refractivity contribution in [3.8, 4) is 11.3 Å². The summed E-state index contributed by atoms with van der Waals surface area (Å²) in [7, 11) is 0. The number of thiazole rings is 1. The van der Waals surface area contributed by atoms with Crippen LogP contribution < -0.4 is 0 Å². The number of hydrogen-bond acceptors (Lipinski definition) is 4. The Morgan fingerprint density at radius 1 is 1.00 bits per heavy atom. The maximum Gasteiger partial charge on any atom is 0.253 e. The molecule has 2 aromatic carbocycles. The van der Waals surface area contributed by atoms with E-state index >= 15 is 0 Å². The second-order valence-electron chi connectivity index (χ2n) is 6.57. The normalized spacial score (nSPS) is 15.1. The van der Waals surface area contributed by atoms with Crippen molar-refractivity contribution in [3.05, 3.63) is 75.6 Å². The van der Waals surface area contributed by atoms with E-state index in [0.717, 1.165) is 49.0 Å². The molecule has 0 atom stereocenters. The zero-order valence-electron chi connectivity index (χ0n) is 14.8. The molecule has 1 saturated heterocycles. The van der Waals surface area contributed by atoms with Crippen molar-refractivity contribution in [2.75, 3.05) is 26.2 Å². The lowest BCUT2D eigenvalue weighted by atomic mass is 10.2. The van der Waals surface area contributed by atoms with Crippen LogP contribution in [0, 0.1) is 0 Å². The van der Waals surface area contributed by atoms with Gasteiger partial charge in [-0.3, -0.25) is 9.69 Å². The van der Waals surface area contributed by atoms with Gasteiger partial charge in [-0.15, -0.1) is 11.3 Å². The largest absolute Gasteiger partial charge is 0.336 e. The minimum absolute atomic E-state index is 0.0759. The van der Waals surface area contributed by atoms with Crippen molar-refractivity contribution in [2.24, 2.45) is 0 Å². The van der Waals surface area contributed by atoms with Gasteiger partial charge in [0.15, 0.2) is 0 Å². The Morgan fingerprint density at radius 2 is 1.70 bits per heavy atom. The number of hydrogen-bond donors (Lipinski definition) is 0. The van der Waals surface area contributed by atoms with Crippen molar-refractivity contribution in [1.29, 1.82) is 0 Å². The van der Waals surface area contributed by atoms with Gasteiger partial charge in [-0.2, -0.15) is 0 Å². The lowest BCUT2D eigenvalue weighted by Gasteiger charge is -2.34. The summed E-state index contributed by atoms with van der Waals surface area (Å²) in [6.45, 7) is 4.02. The summed E-state index contributed by atoms with van der Waals surface area (Å²) < 4.78 is 0. The van der Waals surface area contributed by atoms with Crippen LogP contribution in [0.15, 0.2) is 60.0 Å². The molecular weight excluding hydrogens is 378 g/mol. The third-order valence-electron chi connectivity index (χ3n) is 4.73. The molecular formula is C21H20ClN3OS. The number of halogens is 1. The molecule has 0 radical (unpaired) electrons. The number of benzene rings is 2. The Morgan fingerprint density at radius 3 is 2.41 bits per heavy atom. The second kappa shape index (κ2) is 8.21. The number of carbonyl (C=O) groups is 1. The van der Waals surface area contributed by atoms with Gasteiger partial charge in [0.1, 0.15) is 5.01 Å². The summed E-state index contributed by atoms with van der Waals surface area (Å²) in [5.74, 6) is 0.0759. The molecule has 6 heteroatoms. The van der Waals surface area contributed by atoms with Gasteiger partial charge < -0.3 is 4.90 Å². The van der Waals surface area contributed by atoms with Gasteiger partial charge in [0.25, 0.3) is 5.91 Å². The second-order valence-corrected chi connectivity index (χ2v) is 7.95. The van der Waals surface area contributed by atoms with Gasteiger partial charge in [-0.05, 0) is 24.3 Å². The van der Waals surface area contributed by atoms with E-state index in [1.165, 1.54) is 0 Å². The highest BCUT2D eigenvalue weighted by molar-refractivity contribution is 7.09. The van der Waals surface area contributed by atoms with Crippen LogP contribution in [0.5, 0.6) is 0 Å². The molecule has 1 amide bonds. The molecule has 0 N–H and O–H groups in total. The van der Waals surface area contributed by atoms with E-state index in [0.29, 0.717) is 10.6 Å². The Labute approximate surface area is 168 Å². The number of amides is 1. The fraction of sp³-hybridized carbons (Fsp3) is 0.238. The van der Waals surface area contributed by atoms with Crippen molar-refractivity contribution >= 4 is 28.8 Å². The summed E-state index contributed by atoms with van der Waals surface area (Å²) in [5.41, 5.74) is 2.88. The van der Waals surface area contributed by atoms with Crippen LogP contribution >= 0.6 is 22.9 Å². The highest BCUT2D eigenvalue weighted by Gasteiger charge is 2.22. The van der Waals surface area contributed by atoms with E-state index in [4.69, 9.17) is 16.6 Å². The number of nitrogens with zero attached hydrogens (tertiary/aromatic N) is 3. The molecule has 1 aliphatic heterocycles. The van der Waals surface area contributed by atoms with E-state index in [2.05, 4.69) is 22.4 Å². The van der Waals surface area contributed by atoms with E-state index in [1.807, 2.05) is 23.1 Å². The summed E-state index contributed by atoms with van der Waals surface area (Å²) in [5, 5.41) is 3.88. The van der Waals surface area contributed by atoms with Gasteiger partial charge in [-0.1, -0.05) is 41.9 Å². The summed E-state index contributed by atoms with van der Waals surface area (Å²) >= 11 is 7.60. The SMILES string of the molecule is O=C(c1ccc(Cl)cc1)N1CCN(Cc2nc(-c3ccccc3)cs2)CC1. The van der Waals surface area contributed by atoms with Gasteiger partial charge >= 0.3 is 0 Å². The molecule has 27 heavy (non-hydrogen) atoms. The standard InChI is InChI=1S/C21H20ClN3OS/c22-18-8-6-17(7-9-18)21(26)25-12-10-24(11-13-25)14-20-23-19(15-27-20)16-4-2-1-3-5-16/h1-9,15H,10-14H2. The highest BCUT2D eigenvalue weighted by atomic mass is 35.5. The number of rotatable bonds is 4. The van der Waals surface area contributed by atoms with E-state index in [-0.39, 0.29) is 5.91 Å². The smallest absolute Gasteiger partial charge is 0.253 e. The number of piperazine rings is 1. The van der Waals surface area contributed by atoms with E-state index in [9.17, 15) is 4.79 Å². The fourth-order valence-corrected chi connectivity index (χ4v) is 4.17. The molecule has 138 valence electrons. The summed E-state index contributed by atoms with van der Waals surface area (Å²) in [4.78, 5) is 21.6. The van der Waals surface area contributed by atoms with Crippen molar-refractivity contribution < 1.29 is 4.79 Å². The molecule has 4 nitrogen and oxygen atoms in total. The van der Waals surface area contributed by atoms with Gasteiger partial charge in [0.05, 0.1) is 12.2 Å². The van der Waals surface area contributed by atoms with Gasteiger partial charge in [-0.25, -0.2) is 4.98 Å². The molecule has 3 aromatic rings. The Bertz CT molecular complexity index is 903. The molecule has 1 aliphatic rings. The van der Waals surface area contributed by atoms with Crippen molar-refractivity contribution in [2.45, 2.75) is 6.54 Å². The average molecular weight is 398 g/mol. The van der Waals surface area contributed by atoms with Crippen LogP contribution in [0.4, 0.5) is 0 Å². The number of carbonyl (C=O) groups excluding carboxylic acids is 1. The molecule has 0 aliphatic carbocycles. The Balaban J connectivity index is 1.33. The molecule has 1 fully saturated rings.